The number of hydrogen-bond acceptors (Lipinski definition) is 8. The summed E-state index contributed by atoms with van der Waals surface area (Å²) in [6, 6.07) is 10.1. The van der Waals surface area contributed by atoms with Crippen LogP contribution in [0, 0.1) is 21.0 Å². The fourth-order valence-electron chi connectivity index (χ4n) is 5.49. The summed E-state index contributed by atoms with van der Waals surface area (Å²) in [4.78, 5) is 63.8. The van der Waals surface area contributed by atoms with Crippen molar-refractivity contribution >= 4 is 63.4 Å². The lowest BCUT2D eigenvalue weighted by Gasteiger charge is -2.27. The normalized spacial score (nSPS) is 16.0. The number of imide groups is 2. The molecule has 47 heavy (non-hydrogen) atoms. The van der Waals surface area contributed by atoms with Gasteiger partial charge >= 0.3 is 0 Å². The number of ether oxygens (including phenoxy) is 1. The van der Waals surface area contributed by atoms with Crippen LogP contribution in [-0.4, -0.2) is 66.7 Å². The molecule has 246 valence electrons. The molecule has 3 N–H and O–H groups in total. The molecule has 14 heteroatoms. The van der Waals surface area contributed by atoms with Crippen LogP contribution in [0.4, 0.5) is 24.5 Å². The SMILES string of the molecule is O=C1CCC(N2C(=O)c3cccc(CCCNCCCOCC(=O)c4ccc(F)c(F)c4Nc4ccc(I)cc4F)c3C2=O)C(=O)N1. The van der Waals surface area contributed by atoms with E-state index < -0.39 is 65.2 Å². The molecule has 5 rings (SSSR count). The topological polar surface area (TPSA) is 134 Å². The molecule has 1 fully saturated rings. The number of piperidine rings is 1. The Labute approximate surface area is 281 Å². The van der Waals surface area contributed by atoms with Gasteiger partial charge in [-0.05, 0) is 103 Å². The lowest BCUT2D eigenvalue weighted by atomic mass is 9.99. The number of aryl methyl sites for hydroxylation is 1. The summed E-state index contributed by atoms with van der Waals surface area (Å²) in [6.07, 6.45) is 1.82. The zero-order valence-electron chi connectivity index (χ0n) is 25.0. The third-order valence-electron chi connectivity index (χ3n) is 7.82. The third kappa shape index (κ3) is 7.71. The molecule has 2 aliphatic rings. The van der Waals surface area contributed by atoms with Gasteiger partial charge in [0.25, 0.3) is 11.8 Å². The van der Waals surface area contributed by atoms with Gasteiger partial charge in [-0.25, -0.2) is 13.2 Å². The molecule has 0 saturated carbocycles. The van der Waals surface area contributed by atoms with Crippen molar-refractivity contribution in [1.29, 1.82) is 0 Å². The fraction of sp³-hybridized carbons (Fsp3) is 0.303. The summed E-state index contributed by atoms with van der Waals surface area (Å²) < 4.78 is 49.0. The molecule has 0 aromatic heterocycles. The molecule has 1 unspecified atom stereocenters. The van der Waals surface area contributed by atoms with Gasteiger partial charge in [0.1, 0.15) is 18.5 Å². The molecule has 0 spiro atoms. The van der Waals surface area contributed by atoms with Crippen LogP contribution in [0.3, 0.4) is 0 Å². The van der Waals surface area contributed by atoms with Crippen LogP contribution in [0.1, 0.15) is 62.3 Å². The number of benzene rings is 3. The van der Waals surface area contributed by atoms with Crippen molar-refractivity contribution in [2.45, 2.75) is 38.1 Å². The second kappa shape index (κ2) is 15.2. The van der Waals surface area contributed by atoms with E-state index in [1.807, 2.05) is 22.6 Å². The minimum atomic E-state index is -1.30. The first-order valence-corrected chi connectivity index (χ1v) is 16.0. The first-order chi connectivity index (χ1) is 22.6. The molecule has 10 nitrogen and oxygen atoms in total. The lowest BCUT2D eigenvalue weighted by Crippen LogP contribution is -2.54. The standard InChI is InChI=1S/C33H30F3IN4O6/c34-22-9-8-20(30(29(22)36)39-24-10-7-19(37)16-23(24)35)26(42)17-47-15-3-14-38-13-2-5-18-4-1-6-21-28(18)33(46)41(32(21)45)25-11-12-27(43)40-31(25)44/h1,4,6-10,16,25,38-39H,2-3,5,11-15,17H2,(H,40,43,44). The van der Waals surface area contributed by atoms with Crippen LogP contribution in [-0.2, 0) is 20.7 Å². The largest absolute Gasteiger partial charge is 0.373 e. The van der Waals surface area contributed by atoms with Gasteiger partial charge in [0, 0.05) is 22.2 Å². The fourth-order valence-corrected chi connectivity index (χ4v) is 5.95. The van der Waals surface area contributed by atoms with E-state index in [4.69, 9.17) is 4.74 Å². The number of nitrogens with zero attached hydrogens (tertiary/aromatic N) is 1. The molecule has 0 radical (unpaired) electrons. The summed E-state index contributed by atoms with van der Waals surface area (Å²) in [7, 11) is 0. The quantitative estimate of drug-likeness (QED) is 0.0936. The van der Waals surface area contributed by atoms with Crippen LogP contribution in [0.5, 0.6) is 0 Å². The van der Waals surface area contributed by atoms with Crippen molar-refractivity contribution < 1.29 is 41.9 Å². The zero-order valence-corrected chi connectivity index (χ0v) is 27.1. The maximum absolute atomic E-state index is 14.6. The van der Waals surface area contributed by atoms with E-state index in [1.165, 1.54) is 12.1 Å². The highest BCUT2D eigenvalue weighted by Crippen LogP contribution is 2.31. The highest BCUT2D eigenvalue weighted by Gasteiger charge is 2.45. The smallest absolute Gasteiger partial charge is 0.262 e. The first kappa shape index (κ1) is 34.2. The predicted molar refractivity (Wildman–Crippen MR) is 173 cm³/mol. The van der Waals surface area contributed by atoms with Crippen molar-refractivity contribution in [3.8, 4) is 0 Å². The highest BCUT2D eigenvalue weighted by atomic mass is 127. The Kier molecular flexibility index (Phi) is 11.0. The number of fused-ring (bicyclic) bond motifs is 1. The Balaban J connectivity index is 1.05. The number of halogens is 4. The number of Topliss-reactive ketones (excluding diaryl/α,β-unsaturated/α-hetero) is 1. The summed E-state index contributed by atoms with van der Waals surface area (Å²) in [5.41, 5.74) is 0.456. The monoisotopic (exact) mass is 762 g/mol. The van der Waals surface area contributed by atoms with Crippen LogP contribution in [0.2, 0.25) is 0 Å². The molecule has 4 amide bonds. The van der Waals surface area contributed by atoms with Crippen molar-refractivity contribution in [3.63, 3.8) is 0 Å². The molecule has 1 saturated heterocycles. The van der Waals surface area contributed by atoms with Gasteiger partial charge < -0.3 is 15.4 Å². The Morgan fingerprint density at radius 2 is 1.77 bits per heavy atom. The lowest BCUT2D eigenvalue weighted by molar-refractivity contribution is -0.136. The number of hydrogen-bond donors (Lipinski definition) is 3. The summed E-state index contributed by atoms with van der Waals surface area (Å²) in [6.45, 7) is 0.943. The number of amides is 4. The third-order valence-corrected chi connectivity index (χ3v) is 8.49. The summed E-state index contributed by atoms with van der Waals surface area (Å²) in [5.74, 6) is -5.96. The Bertz CT molecular complexity index is 1750. The van der Waals surface area contributed by atoms with Crippen LogP contribution >= 0.6 is 22.6 Å². The minimum absolute atomic E-state index is 0.0486. The van der Waals surface area contributed by atoms with E-state index in [2.05, 4.69) is 16.0 Å². The van der Waals surface area contributed by atoms with Crippen LogP contribution < -0.4 is 16.0 Å². The number of ketones is 1. The molecule has 0 aliphatic carbocycles. The summed E-state index contributed by atoms with van der Waals surface area (Å²) >= 11 is 1.91. The number of carbonyl (C=O) groups excluding carboxylic acids is 5. The second-order valence-corrected chi connectivity index (χ2v) is 12.2. The summed E-state index contributed by atoms with van der Waals surface area (Å²) in [5, 5.41) is 7.92. The maximum atomic E-state index is 14.6. The van der Waals surface area contributed by atoms with E-state index in [1.54, 1.807) is 24.3 Å². The predicted octanol–water partition coefficient (Wildman–Crippen LogP) is 4.67. The highest BCUT2D eigenvalue weighted by molar-refractivity contribution is 14.1. The van der Waals surface area contributed by atoms with Gasteiger partial charge in [0.2, 0.25) is 11.8 Å². The zero-order chi connectivity index (χ0) is 33.7. The van der Waals surface area contributed by atoms with Crippen molar-refractivity contribution in [1.82, 2.24) is 15.5 Å². The Morgan fingerprint density at radius 1 is 0.979 bits per heavy atom. The average Bonchev–Trinajstić information content (AvgIpc) is 3.29. The minimum Gasteiger partial charge on any atom is -0.373 e. The molecular weight excluding hydrogens is 732 g/mol. The number of carbonyl (C=O) groups is 5. The molecular formula is C33H30F3IN4O6. The van der Waals surface area contributed by atoms with Gasteiger partial charge in [-0.2, -0.15) is 0 Å². The van der Waals surface area contributed by atoms with Gasteiger partial charge in [0.05, 0.1) is 22.5 Å². The molecule has 2 heterocycles. The van der Waals surface area contributed by atoms with Gasteiger partial charge in [-0.1, -0.05) is 12.1 Å². The van der Waals surface area contributed by atoms with Gasteiger partial charge in [-0.15, -0.1) is 0 Å². The van der Waals surface area contributed by atoms with E-state index in [0.717, 1.165) is 17.0 Å². The van der Waals surface area contributed by atoms with Gasteiger partial charge in [0.15, 0.2) is 17.4 Å². The van der Waals surface area contributed by atoms with Crippen LogP contribution in [0.25, 0.3) is 0 Å². The Morgan fingerprint density at radius 3 is 2.53 bits per heavy atom. The van der Waals surface area contributed by atoms with Crippen LogP contribution in [0.15, 0.2) is 48.5 Å². The number of anilines is 2. The first-order valence-electron chi connectivity index (χ1n) is 14.9. The maximum Gasteiger partial charge on any atom is 0.262 e. The molecule has 3 aromatic carbocycles. The van der Waals surface area contributed by atoms with E-state index in [-0.39, 0.29) is 41.8 Å². The van der Waals surface area contributed by atoms with Crippen molar-refractivity contribution in [3.05, 3.63) is 91.8 Å². The van der Waals surface area contributed by atoms with E-state index in [0.29, 0.717) is 41.5 Å². The molecule has 0 bridgehead atoms. The second-order valence-electron chi connectivity index (χ2n) is 11.0. The van der Waals surface area contributed by atoms with Crippen molar-refractivity contribution in [2.75, 3.05) is 31.6 Å². The van der Waals surface area contributed by atoms with E-state index in [9.17, 15) is 37.1 Å². The number of rotatable bonds is 14. The molecule has 2 aliphatic heterocycles. The Hall–Kier alpha value is -4.15. The molecule has 1 atom stereocenters. The van der Waals surface area contributed by atoms with Crippen molar-refractivity contribution in [2.24, 2.45) is 0 Å². The van der Waals surface area contributed by atoms with E-state index >= 15 is 0 Å². The average molecular weight is 763 g/mol. The van der Waals surface area contributed by atoms with Gasteiger partial charge in [-0.3, -0.25) is 34.2 Å². The number of nitrogens with one attached hydrogen (secondary N) is 3. The molecule has 3 aromatic rings.